The largest absolute Gasteiger partial charge is 0.308 e. The van der Waals surface area contributed by atoms with E-state index >= 15 is 0 Å². The minimum absolute atomic E-state index is 0.0594. The van der Waals surface area contributed by atoms with Gasteiger partial charge in [0.05, 0.1) is 6.54 Å². The number of hydrogen-bond donors (Lipinski definition) is 0. The molecule has 2 aromatic heterocycles. The Labute approximate surface area is 303 Å². The first kappa shape index (κ1) is 32.8. The Balaban J connectivity index is 1.23. The van der Waals surface area contributed by atoms with E-state index in [0.29, 0.717) is 12.4 Å². The van der Waals surface area contributed by atoms with Gasteiger partial charge in [0, 0.05) is 16.6 Å². The highest BCUT2D eigenvalue weighted by molar-refractivity contribution is 5.82. The first-order chi connectivity index (χ1) is 25.7. The molecule has 0 spiro atoms. The van der Waals surface area contributed by atoms with Crippen LogP contribution in [-0.4, -0.2) is 24.8 Å². The number of fused-ring (bicyclic) bond motifs is 1. The van der Waals surface area contributed by atoms with Crippen LogP contribution in [0, 0.1) is 0 Å². The number of unbranched alkanes of at least 4 members (excludes halogenated alkanes) is 1. The molecule has 0 aliphatic carbocycles. The summed E-state index contributed by atoms with van der Waals surface area (Å²) in [7, 11) is 0. The summed E-state index contributed by atoms with van der Waals surface area (Å²) in [6.45, 7) is 2.69. The van der Waals surface area contributed by atoms with Gasteiger partial charge in [-0.05, 0) is 74.2 Å². The third-order valence-electron chi connectivity index (χ3n) is 10.0. The molecular weight excluding hydrogens is 639 g/mol. The fourth-order valence-corrected chi connectivity index (χ4v) is 7.48. The molecule has 6 aromatic carbocycles. The molecule has 8 aromatic rings. The molecule has 0 saturated carbocycles. The number of hydrogen-bond acceptors (Lipinski definition) is 4. The number of tetrazole rings is 1. The van der Waals surface area contributed by atoms with E-state index in [1.54, 1.807) is 0 Å². The van der Waals surface area contributed by atoms with Gasteiger partial charge in [-0.3, -0.25) is 4.79 Å². The van der Waals surface area contributed by atoms with Gasteiger partial charge < -0.3 is 4.57 Å². The molecule has 0 saturated heterocycles. The van der Waals surface area contributed by atoms with Crippen molar-refractivity contribution in [1.82, 2.24) is 24.8 Å². The van der Waals surface area contributed by atoms with E-state index in [1.165, 1.54) is 0 Å². The second-order valence-corrected chi connectivity index (χ2v) is 13.2. The van der Waals surface area contributed by atoms with Crippen molar-refractivity contribution in [3.63, 3.8) is 0 Å². The Morgan fingerprint density at radius 1 is 0.615 bits per heavy atom. The van der Waals surface area contributed by atoms with E-state index < -0.39 is 5.54 Å². The SMILES string of the molecule is CCCCc1cc2ccccc2c(=O)n1Cc1ccc(-c2ccccc2-c2nnnn2C(c2ccccc2)(c2ccccc2)c2ccccc2)cc1. The predicted molar refractivity (Wildman–Crippen MR) is 209 cm³/mol. The van der Waals surface area contributed by atoms with E-state index in [1.807, 2.05) is 63.8 Å². The van der Waals surface area contributed by atoms with Gasteiger partial charge in [-0.15, -0.1) is 5.10 Å². The number of rotatable bonds is 11. The first-order valence-electron chi connectivity index (χ1n) is 17.9. The second-order valence-electron chi connectivity index (χ2n) is 13.2. The molecular formula is C46H39N5O. The Kier molecular flexibility index (Phi) is 9.11. The number of benzene rings is 6. The van der Waals surface area contributed by atoms with Crippen LogP contribution < -0.4 is 5.56 Å². The Morgan fingerprint density at radius 3 is 1.79 bits per heavy atom. The van der Waals surface area contributed by atoms with Gasteiger partial charge in [0.25, 0.3) is 5.56 Å². The maximum Gasteiger partial charge on any atom is 0.258 e. The monoisotopic (exact) mass is 677 g/mol. The highest BCUT2D eigenvalue weighted by Crippen LogP contribution is 2.43. The smallest absolute Gasteiger partial charge is 0.258 e. The lowest BCUT2D eigenvalue weighted by atomic mass is 9.77. The molecule has 0 bridgehead atoms. The summed E-state index contributed by atoms with van der Waals surface area (Å²) >= 11 is 0. The molecule has 0 unspecified atom stereocenters. The maximum atomic E-state index is 13.7. The molecule has 0 atom stereocenters. The summed E-state index contributed by atoms with van der Waals surface area (Å²) in [4.78, 5) is 13.7. The molecule has 0 N–H and O–H groups in total. The molecule has 0 aliphatic heterocycles. The van der Waals surface area contributed by atoms with E-state index in [-0.39, 0.29) is 5.56 Å². The maximum absolute atomic E-state index is 13.7. The third kappa shape index (κ3) is 5.92. The molecule has 6 nitrogen and oxygen atoms in total. The molecule has 2 heterocycles. The van der Waals surface area contributed by atoms with Gasteiger partial charge in [-0.2, -0.15) is 0 Å². The highest BCUT2D eigenvalue weighted by atomic mass is 16.1. The molecule has 52 heavy (non-hydrogen) atoms. The van der Waals surface area contributed by atoms with Crippen molar-refractivity contribution >= 4 is 10.8 Å². The fourth-order valence-electron chi connectivity index (χ4n) is 7.48. The lowest BCUT2D eigenvalue weighted by molar-refractivity contribution is 0.451. The van der Waals surface area contributed by atoms with Crippen LogP contribution in [0.2, 0.25) is 0 Å². The molecule has 6 heteroatoms. The van der Waals surface area contributed by atoms with Gasteiger partial charge in [0.2, 0.25) is 0 Å². The average molecular weight is 678 g/mol. The summed E-state index contributed by atoms with van der Waals surface area (Å²) < 4.78 is 3.93. The van der Waals surface area contributed by atoms with Crippen LogP contribution in [0.4, 0.5) is 0 Å². The Morgan fingerprint density at radius 2 is 1.17 bits per heavy atom. The molecule has 0 amide bonds. The van der Waals surface area contributed by atoms with Gasteiger partial charge >= 0.3 is 0 Å². The van der Waals surface area contributed by atoms with Crippen molar-refractivity contribution in [1.29, 1.82) is 0 Å². The van der Waals surface area contributed by atoms with Gasteiger partial charge in [-0.1, -0.05) is 171 Å². The minimum Gasteiger partial charge on any atom is -0.308 e. The van der Waals surface area contributed by atoms with Gasteiger partial charge in [0.15, 0.2) is 5.82 Å². The van der Waals surface area contributed by atoms with Crippen molar-refractivity contribution in [2.24, 2.45) is 0 Å². The molecule has 8 rings (SSSR count). The standard InChI is InChI=1S/C46H39N5O/c1-2-3-24-40-32-36-17-13-14-26-42(36)45(52)50(40)33-34-28-30-35(31-29-34)41-25-15-16-27-43(41)44-47-48-49-51(44)46(37-18-7-4-8-19-37,38-20-9-5-10-21-38)39-22-11-6-12-23-39/h4-23,25-32H,2-3,24,33H2,1H3. The van der Waals surface area contributed by atoms with Gasteiger partial charge in [-0.25, -0.2) is 4.68 Å². The summed E-state index contributed by atoms with van der Waals surface area (Å²) in [6, 6.07) is 58.2. The molecule has 0 radical (unpaired) electrons. The van der Waals surface area contributed by atoms with E-state index in [9.17, 15) is 4.79 Å². The van der Waals surface area contributed by atoms with Crippen LogP contribution in [-0.2, 0) is 18.5 Å². The lowest BCUT2D eigenvalue weighted by Gasteiger charge is -2.36. The van der Waals surface area contributed by atoms with Crippen LogP contribution in [0.3, 0.4) is 0 Å². The summed E-state index contributed by atoms with van der Waals surface area (Å²) in [5, 5.41) is 15.6. The van der Waals surface area contributed by atoms with Gasteiger partial charge in [0.1, 0.15) is 5.54 Å². The fraction of sp³-hybridized carbons (Fsp3) is 0.130. The van der Waals surface area contributed by atoms with E-state index in [4.69, 9.17) is 10.3 Å². The van der Waals surface area contributed by atoms with Crippen molar-refractivity contribution < 1.29 is 0 Å². The molecule has 254 valence electrons. The highest BCUT2D eigenvalue weighted by Gasteiger charge is 2.42. The van der Waals surface area contributed by atoms with Crippen LogP contribution in [0.5, 0.6) is 0 Å². The zero-order chi connectivity index (χ0) is 35.3. The lowest BCUT2D eigenvalue weighted by Crippen LogP contribution is -2.39. The second kappa shape index (κ2) is 14.4. The van der Waals surface area contributed by atoms with Crippen LogP contribution >= 0.6 is 0 Å². The van der Waals surface area contributed by atoms with Crippen molar-refractivity contribution in [3.8, 4) is 22.5 Å². The van der Waals surface area contributed by atoms with Crippen molar-refractivity contribution in [3.05, 3.63) is 208 Å². The Bertz CT molecular complexity index is 2390. The molecule has 0 aliphatic rings. The van der Waals surface area contributed by atoms with E-state index in [2.05, 4.69) is 127 Å². The number of aryl methyl sites for hydroxylation is 1. The normalized spacial score (nSPS) is 11.6. The van der Waals surface area contributed by atoms with Crippen LogP contribution in [0.25, 0.3) is 33.3 Å². The topological polar surface area (TPSA) is 65.6 Å². The zero-order valence-corrected chi connectivity index (χ0v) is 29.1. The number of pyridine rings is 1. The number of aromatic nitrogens is 5. The first-order valence-corrected chi connectivity index (χ1v) is 17.9. The van der Waals surface area contributed by atoms with Crippen LogP contribution in [0.15, 0.2) is 175 Å². The minimum atomic E-state index is -0.859. The average Bonchev–Trinajstić information content (AvgIpc) is 3.70. The predicted octanol–water partition coefficient (Wildman–Crippen LogP) is 9.55. The zero-order valence-electron chi connectivity index (χ0n) is 29.1. The van der Waals surface area contributed by atoms with Crippen molar-refractivity contribution in [2.75, 3.05) is 0 Å². The quantitative estimate of drug-likeness (QED) is 0.128. The van der Waals surface area contributed by atoms with Crippen molar-refractivity contribution in [2.45, 2.75) is 38.3 Å². The summed E-state index contributed by atoms with van der Waals surface area (Å²) in [5.74, 6) is 0.652. The van der Waals surface area contributed by atoms with E-state index in [0.717, 1.165) is 74.7 Å². The molecule has 0 fully saturated rings. The number of nitrogens with zero attached hydrogens (tertiary/aromatic N) is 5. The summed E-state index contributed by atoms with van der Waals surface area (Å²) in [5.41, 5.74) is 7.45. The summed E-state index contributed by atoms with van der Waals surface area (Å²) in [6.07, 6.45) is 2.97. The third-order valence-corrected chi connectivity index (χ3v) is 10.0. The Hall–Kier alpha value is -6.40. The van der Waals surface area contributed by atoms with Crippen LogP contribution in [0.1, 0.15) is 47.7 Å².